The Bertz CT molecular complexity index is 335. The van der Waals surface area contributed by atoms with E-state index in [9.17, 15) is 4.79 Å². The Morgan fingerprint density at radius 1 is 1.44 bits per heavy atom. The molecule has 0 amide bonds. The Morgan fingerprint density at radius 2 is 2.06 bits per heavy atom. The van der Waals surface area contributed by atoms with Gasteiger partial charge >= 0.3 is 5.97 Å². The first-order valence-electron chi connectivity index (χ1n) is 5.22. The molecule has 0 aliphatic heterocycles. The zero-order chi connectivity index (χ0) is 12.0. The Morgan fingerprint density at radius 3 is 2.62 bits per heavy atom. The number of aromatic hydroxyl groups is 1. The number of rotatable bonds is 5. The highest BCUT2D eigenvalue weighted by Gasteiger charge is 2.13. The minimum atomic E-state index is -0.159. The third-order valence-corrected chi connectivity index (χ3v) is 3.30. The number of carbonyl (C=O) groups is 1. The summed E-state index contributed by atoms with van der Waals surface area (Å²) in [6, 6.07) is 6.93. The number of ether oxygens (including phenoxy) is 1. The van der Waals surface area contributed by atoms with Crippen LogP contribution in [0.4, 0.5) is 0 Å². The quantitative estimate of drug-likeness (QED) is 0.635. The Kier molecular flexibility index (Phi) is 5.19. The van der Waals surface area contributed by atoms with Crippen LogP contribution in [0.1, 0.15) is 13.8 Å². The molecule has 0 spiro atoms. The van der Waals surface area contributed by atoms with Gasteiger partial charge in [-0.1, -0.05) is 6.92 Å². The van der Waals surface area contributed by atoms with Gasteiger partial charge in [0.2, 0.25) is 0 Å². The summed E-state index contributed by atoms with van der Waals surface area (Å²) in [5.74, 6) is 0.666. The van der Waals surface area contributed by atoms with E-state index in [-0.39, 0.29) is 17.6 Å². The smallest absolute Gasteiger partial charge is 0.309 e. The molecule has 0 aromatic heterocycles. The SMILES string of the molecule is CCOC(=O)C(C)CSc1ccc(O)cc1. The maximum Gasteiger partial charge on any atom is 0.309 e. The van der Waals surface area contributed by atoms with Crippen LogP contribution >= 0.6 is 11.8 Å². The van der Waals surface area contributed by atoms with Crippen molar-refractivity contribution in [2.24, 2.45) is 5.92 Å². The van der Waals surface area contributed by atoms with Crippen LogP contribution in [-0.2, 0) is 9.53 Å². The van der Waals surface area contributed by atoms with Gasteiger partial charge in [-0.05, 0) is 31.2 Å². The van der Waals surface area contributed by atoms with E-state index in [1.54, 1.807) is 30.8 Å². The summed E-state index contributed by atoms with van der Waals surface area (Å²) < 4.78 is 4.92. The van der Waals surface area contributed by atoms with Crippen LogP contribution in [0.25, 0.3) is 0 Å². The zero-order valence-electron chi connectivity index (χ0n) is 9.47. The normalized spacial score (nSPS) is 12.1. The predicted octanol–water partition coefficient (Wildman–Crippen LogP) is 2.68. The van der Waals surface area contributed by atoms with Gasteiger partial charge in [0.05, 0.1) is 12.5 Å². The first-order valence-corrected chi connectivity index (χ1v) is 6.20. The molecule has 0 saturated heterocycles. The maximum atomic E-state index is 11.3. The molecule has 16 heavy (non-hydrogen) atoms. The van der Waals surface area contributed by atoms with Gasteiger partial charge in [-0.2, -0.15) is 0 Å². The Hall–Kier alpha value is -1.16. The van der Waals surface area contributed by atoms with Crippen molar-refractivity contribution in [1.82, 2.24) is 0 Å². The van der Waals surface area contributed by atoms with E-state index in [1.807, 2.05) is 19.1 Å². The van der Waals surface area contributed by atoms with Crippen LogP contribution in [-0.4, -0.2) is 23.4 Å². The number of thioether (sulfide) groups is 1. The third-order valence-electron chi connectivity index (χ3n) is 2.03. The fraction of sp³-hybridized carbons (Fsp3) is 0.417. The molecule has 1 unspecified atom stereocenters. The van der Waals surface area contributed by atoms with E-state index in [2.05, 4.69) is 0 Å². The molecule has 0 fully saturated rings. The maximum absolute atomic E-state index is 11.3. The summed E-state index contributed by atoms with van der Waals surface area (Å²) in [7, 11) is 0. The number of hydrogen-bond acceptors (Lipinski definition) is 4. The van der Waals surface area contributed by atoms with Gasteiger partial charge in [0, 0.05) is 10.6 Å². The molecule has 0 saturated carbocycles. The van der Waals surface area contributed by atoms with E-state index in [0.717, 1.165) is 4.90 Å². The minimum Gasteiger partial charge on any atom is -0.508 e. The molecular formula is C12H16O3S. The van der Waals surface area contributed by atoms with Crippen molar-refractivity contribution in [3.05, 3.63) is 24.3 Å². The second-order valence-corrected chi connectivity index (χ2v) is 4.55. The summed E-state index contributed by atoms with van der Waals surface area (Å²) in [6.07, 6.45) is 0. The second-order valence-electron chi connectivity index (χ2n) is 3.46. The molecule has 0 radical (unpaired) electrons. The van der Waals surface area contributed by atoms with E-state index in [0.29, 0.717) is 12.4 Å². The van der Waals surface area contributed by atoms with Gasteiger partial charge in [-0.15, -0.1) is 11.8 Å². The highest BCUT2D eigenvalue weighted by Crippen LogP contribution is 2.23. The highest BCUT2D eigenvalue weighted by atomic mass is 32.2. The van der Waals surface area contributed by atoms with Crippen LogP contribution in [0, 0.1) is 5.92 Å². The summed E-state index contributed by atoms with van der Waals surface area (Å²) in [4.78, 5) is 12.4. The first kappa shape index (κ1) is 12.9. The van der Waals surface area contributed by atoms with E-state index in [1.165, 1.54) is 0 Å². The molecule has 1 aromatic rings. The average Bonchev–Trinajstić information content (AvgIpc) is 2.28. The van der Waals surface area contributed by atoms with Crippen molar-refractivity contribution < 1.29 is 14.6 Å². The third kappa shape index (κ3) is 4.14. The number of esters is 1. The summed E-state index contributed by atoms with van der Waals surface area (Å²) in [5, 5.41) is 9.11. The van der Waals surface area contributed by atoms with Crippen LogP contribution in [0.5, 0.6) is 5.75 Å². The standard InChI is InChI=1S/C12H16O3S/c1-3-15-12(14)9(2)8-16-11-6-4-10(13)5-7-11/h4-7,9,13H,3,8H2,1-2H3. The van der Waals surface area contributed by atoms with Gasteiger partial charge in [0.25, 0.3) is 0 Å². The van der Waals surface area contributed by atoms with Crippen LogP contribution in [0.15, 0.2) is 29.2 Å². The monoisotopic (exact) mass is 240 g/mol. The average molecular weight is 240 g/mol. The van der Waals surface area contributed by atoms with E-state index in [4.69, 9.17) is 9.84 Å². The number of carbonyl (C=O) groups excluding carboxylic acids is 1. The molecule has 0 aliphatic carbocycles. The molecule has 1 rings (SSSR count). The van der Waals surface area contributed by atoms with Crippen molar-refractivity contribution in [1.29, 1.82) is 0 Å². The number of phenols is 1. The Labute approximate surface area is 99.8 Å². The van der Waals surface area contributed by atoms with Crippen molar-refractivity contribution in [2.45, 2.75) is 18.7 Å². The van der Waals surface area contributed by atoms with E-state index < -0.39 is 0 Å². The first-order chi connectivity index (χ1) is 7.63. The molecule has 0 heterocycles. The molecule has 1 aromatic carbocycles. The molecule has 1 atom stereocenters. The number of phenolic OH excluding ortho intramolecular Hbond substituents is 1. The van der Waals surface area contributed by atoms with Crippen LogP contribution < -0.4 is 0 Å². The molecule has 1 N–H and O–H groups in total. The molecular weight excluding hydrogens is 224 g/mol. The topological polar surface area (TPSA) is 46.5 Å². The molecule has 0 bridgehead atoms. The van der Waals surface area contributed by atoms with Crippen LogP contribution in [0.3, 0.4) is 0 Å². The molecule has 4 heteroatoms. The predicted molar refractivity (Wildman–Crippen MR) is 64.6 cm³/mol. The summed E-state index contributed by atoms with van der Waals surface area (Å²) in [5.41, 5.74) is 0. The fourth-order valence-corrected chi connectivity index (χ4v) is 2.02. The van der Waals surface area contributed by atoms with Crippen molar-refractivity contribution in [3.63, 3.8) is 0 Å². The number of hydrogen-bond donors (Lipinski definition) is 1. The lowest BCUT2D eigenvalue weighted by atomic mass is 10.2. The van der Waals surface area contributed by atoms with Gasteiger partial charge in [-0.25, -0.2) is 0 Å². The van der Waals surface area contributed by atoms with Crippen LogP contribution in [0.2, 0.25) is 0 Å². The summed E-state index contributed by atoms with van der Waals surface area (Å²) >= 11 is 1.58. The lowest BCUT2D eigenvalue weighted by Crippen LogP contribution is -2.16. The molecule has 3 nitrogen and oxygen atoms in total. The van der Waals surface area contributed by atoms with Crippen molar-refractivity contribution >= 4 is 17.7 Å². The molecule has 0 aliphatic rings. The summed E-state index contributed by atoms with van der Waals surface area (Å²) in [6.45, 7) is 4.08. The van der Waals surface area contributed by atoms with Gasteiger partial charge < -0.3 is 9.84 Å². The number of benzene rings is 1. The van der Waals surface area contributed by atoms with Gasteiger partial charge in [0.1, 0.15) is 5.75 Å². The van der Waals surface area contributed by atoms with E-state index >= 15 is 0 Å². The fourth-order valence-electron chi connectivity index (χ4n) is 1.12. The molecule has 88 valence electrons. The highest BCUT2D eigenvalue weighted by molar-refractivity contribution is 7.99. The Balaban J connectivity index is 2.39. The van der Waals surface area contributed by atoms with Crippen molar-refractivity contribution in [2.75, 3.05) is 12.4 Å². The van der Waals surface area contributed by atoms with Gasteiger partial charge in [-0.3, -0.25) is 4.79 Å². The lowest BCUT2D eigenvalue weighted by Gasteiger charge is -2.09. The lowest BCUT2D eigenvalue weighted by molar-refractivity contribution is -0.146. The second kappa shape index (κ2) is 6.43. The largest absolute Gasteiger partial charge is 0.508 e. The zero-order valence-corrected chi connectivity index (χ0v) is 10.3. The minimum absolute atomic E-state index is 0.112. The van der Waals surface area contributed by atoms with Gasteiger partial charge in [0.15, 0.2) is 0 Å². The van der Waals surface area contributed by atoms with Crippen molar-refractivity contribution in [3.8, 4) is 5.75 Å².